The zero-order valence-corrected chi connectivity index (χ0v) is 17.5. The van der Waals surface area contributed by atoms with Crippen molar-refractivity contribution in [3.8, 4) is 11.5 Å². The van der Waals surface area contributed by atoms with E-state index in [0.29, 0.717) is 18.3 Å². The van der Waals surface area contributed by atoms with Crippen LogP contribution in [0.2, 0.25) is 0 Å². The molecule has 0 bridgehead atoms. The van der Waals surface area contributed by atoms with Crippen molar-refractivity contribution in [2.45, 2.75) is 12.6 Å². The molecule has 0 radical (unpaired) electrons. The number of sulfonamides is 1. The van der Waals surface area contributed by atoms with Gasteiger partial charge in [0.25, 0.3) is 5.91 Å². The summed E-state index contributed by atoms with van der Waals surface area (Å²) in [6, 6.07) is 2.54. The summed E-state index contributed by atoms with van der Waals surface area (Å²) in [6.07, 6.45) is 0.753. The van der Waals surface area contributed by atoms with Crippen LogP contribution in [0.25, 0.3) is 0 Å². The van der Waals surface area contributed by atoms with Crippen molar-refractivity contribution in [3.63, 3.8) is 0 Å². The molecule has 3 rings (SSSR count). The molecule has 0 unspecified atom stereocenters. The monoisotopic (exact) mass is 487 g/mol. The Bertz CT molecular complexity index is 1300. The molecule has 7 nitrogen and oxygen atoms in total. The molecule has 0 fully saturated rings. The summed E-state index contributed by atoms with van der Waals surface area (Å²) >= 11 is 0. The number of amides is 1. The lowest BCUT2D eigenvalue weighted by Gasteiger charge is -2.16. The number of pyridine rings is 1. The minimum absolute atomic E-state index is 0.0911. The van der Waals surface area contributed by atoms with Crippen LogP contribution in [0, 0.1) is 11.6 Å². The smallest absolute Gasteiger partial charge is 0.433 e. The third-order valence-corrected chi connectivity index (χ3v) is 4.60. The number of rotatable bonds is 5. The van der Waals surface area contributed by atoms with E-state index in [1.165, 1.54) is 18.2 Å². The maximum atomic E-state index is 14.0. The van der Waals surface area contributed by atoms with Crippen LogP contribution in [0.3, 0.4) is 0 Å². The summed E-state index contributed by atoms with van der Waals surface area (Å²) in [4.78, 5) is 15.9. The molecule has 13 heteroatoms. The van der Waals surface area contributed by atoms with Crippen molar-refractivity contribution >= 4 is 21.6 Å². The largest absolute Gasteiger partial charge is 0.453 e. The van der Waals surface area contributed by atoms with Crippen LogP contribution >= 0.6 is 0 Å². The normalized spacial score (nSPS) is 15.3. The van der Waals surface area contributed by atoms with E-state index in [0.717, 1.165) is 18.4 Å². The first-order chi connectivity index (χ1) is 15.3. The fourth-order valence-electron chi connectivity index (χ4n) is 2.69. The van der Waals surface area contributed by atoms with E-state index in [4.69, 9.17) is 4.74 Å². The highest BCUT2D eigenvalue weighted by Gasteiger charge is 2.34. The van der Waals surface area contributed by atoms with Gasteiger partial charge in [-0.25, -0.2) is 17.2 Å². The van der Waals surface area contributed by atoms with Crippen molar-refractivity contribution in [2.75, 3.05) is 6.26 Å². The van der Waals surface area contributed by atoms with Gasteiger partial charge >= 0.3 is 6.18 Å². The van der Waals surface area contributed by atoms with Crippen LogP contribution in [0.15, 0.2) is 58.8 Å². The lowest BCUT2D eigenvalue weighted by molar-refractivity contribution is -0.141. The Morgan fingerprint density at radius 1 is 1.18 bits per heavy atom. The van der Waals surface area contributed by atoms with E-state index in [1.807, 2.05) is 0 Å². The zero-order chi connectivity index (χ0) is 24.4. The topological polar surface area (TPSA) is 97.7 Å². The van der Waals surface area contributed by atoms with Gasteiger partial charge in [0.1, 0.15) is 22.8 Å². The Kier molecular flexibility index (Phi) is 6.63. The van der Waals surface area contributed by atoms with Gasteiger partial charge in [0, 0.05) is 30.4 Å². The summed E-state index contributed by atoms with van der Waals surface area (Å²) < 4.78 is 97.7. The molecular formula is C20H14F5N3O4S. The summed E-state index contributed by atoms with van der Waals surface area (Å²) in [6.45, 7) is 0. The third kappa shape index (κ3) is 6.44. The number of nitrogens with zero attached hydrogens (tertiary/aromatic N) is 2. The van der Waals surface area contributed by atoms with Gasteiger partial charge in [-0.15, -0.1) is 0 Å². The zero-order valence-electron chi connectivity index (χ0n) is 16.7. The highest BCUT2D eigenvalue weighted by atomic mass is 32.2. The van der Waals surface area contributed by atoms with E-state index in [-0.39, 0.29) is 17.8 Å². The van der Waals surface area contributed by atoms with Crippen LogP contribution < -0.4 is 10.1 Å². The molecule has 1 heterocycles. The fourth-order valence-corrected chi connectivity index (χ4v) is 3.24. The van der Waals surface area contributed by atoms with Gasteiger partial charge in [0.2, 0.25) is 10.0 Å². The molecule has 174 valence electrons. The molecule has 1 aromatic heterocycles. The first kappa shape index (κ1) is 24.0. The van der Waals surface area contributed by atoms with E-state index in [1.54, 1.807) is 0 Å². The van der Waals surface area contributed by atoms with Crippen LogP contribution in [-0.4, -0.2) is 31.3 Å². The number of nitrogens with one attached hydrogen (secondary N) is 1. The number of benzene rings is 1. The molecule has 33 heavy (non-hydrogen) atoms. The van der Waals surface area contributed by atoms with Crippen molar-refractivity contribution in [2.24, 2.45) is 4.40 Å². The summed E-state index contributed by atoms with van der Waals surface area (Å²) in [5.74, 6) is -4.40. The van der Waals surface area contributed by atoms with Crippen molar-refractivity contribution in [1.82, 2.24) is 10.3 Å². The predicted molar refractivity (Wildman–Crippen MR) is 107 cm³/mol. The van der Waals surface area contributed by atoms with Gasteiger partial charge in [-0.3, -0.25) is 9.78 Å². The van der Waals surface area contributed by atoms with E-state index in [2.05, 4.69) is 14.7 Å². The average molecular weight is 487 g/mol. The van der Waals surface area contributed by atoms with Crippen LogP contribution in [-0.2, 0) is 16.2 Å². The molecule has 1 aliphatic rings. The quantitative estimate of drug-likeness (QED) is 0.640. The predicted octanol–water partition coefficient (Wildman–Crippen LogP) is 4.15. The molecule has 0 saturated carbocycles. The fraction of sp³-hybridized carbons (Fsp3) is 0.150. The first-order valence-electron chi connectivity index (χ1n) is 8.99. The van der Waals surface area contributed by atoms with Crippen LogP contribution in [0.1, 0.15) is 22.5 Å². The minimum Gasteiger partial charge on any atom is -0.453 e. The second-order valence-electron chi connectivity index (χ2n) is 6.74. The van der Waals surface area contributed by atoms with Gasteiger partial charge in [-0.1, -0.05) is 6.08 Å². The number of hydrogen-bond acceptors (Lipinski definition) is 5. The SMILES string of the molecule is CS(=O)(=O)N=C1C=CC=C(NC(=O)c2cnc(C(F)(F)F)cc2Oc2ccc(F)cc2F)C1. The van der Waals surface area contributed by atoms with Crippen LogP contribution in [0.5, 0.6) is 11.5 Å². The lowest BCUT2D eigenvalue weighted by Crippen LogP contribution is -2.26. The van der Waals surface area contributed by atoms with Crippen molar-refractivity contribution in [1.29, 1.82) is 0 Å². The van der Waals surface area contributed by atoms with Gasteiger partial charge in [-0.05, 0) is 24.3 Å². The Labute approximate surface area is 184 Å². The lowest BCUT2D eigenvalue weighted by atomic mass is 10.1. The van der Waals surface area contributed by atoms with Crippen LogP contribution in [0.4, 0.5) is 22.0 Å². The van der Waals surface area contributed by atoms with Gasteiger partial charge in [0.15, 0.2) is 11.6 Å². The molecule has 2 aromatic rings. The molecular weight excluding hydrogens is 473 g/mol. The Hall–Kier alpha value is -3.61. The first-order valence-corrected chi connectivity index (χ1v) is 10.8. The Balaban J connectivity index is 1.93. The molecule has 0 saturated heterocycles. The highest BCUT2D eigenvalue weighted by molar-refractivity contribution is 7.89. The number of halogens is 5. The van der Waals surface area contributed by atoms with Gasteiger partial charge in [-0.2, -0.15) is 17.6 Å². The second kappa shape index (κ2) is 9.10. The molecule has 0 spiro atoms. The second-order valence-corrected chi connectivity index (χ2v) is 8.39. The Morgan fingerprint density at radius 2 is 1.91 bits per heavy atom. The number of aromatic nitrogens is 1. The molecule has 1 aromatic carbocycles. The summed E-state index contributed by atoms with van der Waals surface area (Å²) in [7, 11) is -3.70. The number of hydrogen-bond donors (Lipinski definition) is 1. The third-order valence-electron chi connectivity index (χ3n) is 4.03. The van der Waals surface area contributed by atoms with E-state index < -0.39 is 56.5 Å². The summed E-state index contributed by atoms with van der Waals surface area (Å²) in [5.41, 5.74) is -1.59. The number of ether oxygens (including phenoxy) is 1. The maximum Gasteiger partial charge on any atom is 0.433 e. The standard InChI is InChI=1S/C20H14F5N3O4S/c1-33(30,31)28-13-4-2-3-12(8-13)27-19(29)14-10-26-18(20(23,24)25)9-17(14)32-16-6-5-11(21)7-15(16)22/h2-7,9-10H,8H2,1H3,(H,27,29). The number of carbonyl (C=O) groups is 1. The maximum absolute atomic E-state index is 14.0. The molecule has 0 atom stereocenters. The number of allylic oxidation sites excluding steroid dienone is 4. The van der Waals surface area contributed by atoms with Gasteiger partial charge < -0.3 is 10.1 Å². The molecule has 1 aliphatic carbocycles. The van der Waals surface area contributed by atoms with E-state index in [9.17, 15) is 35.2 Å². The number of carbonyl (C=O) groups excluding carboxylic acids is 1. The molecule has 1 amide bonds. The van der Waals surface area contributed by atoms with Gasteiger partial charge in [0.05, 0.1) is 12.0 Å². The van der Waals surface area contributed by atoms with E-state index >= 15 is 0 Å². The number of alkyl halides is 3. The average Bonchev–Trinajstić information content (AvgIpc) is 2.68. The molecule has 0 aliphatic heterocycles. The Morgan fingerprint density at radius 3 is 2.55 bits per heavy atom. The van der Waals surface area contributed by atoms with Crippen molar-refractivity contribution < 1.29 is 39.9 Å². The highest BCUT2D eigenvalue weighted by Crippen LogP contribution is 2.34. The summed E-state index contributed by atoms with van der Waals surface area (Å²) in [5, 5.41) is 2.40. The minimum atomic E-state index is -4.89. The molecule has 1 N–H and O–H groups in total. The van der Waals surface area contributed by atoms with Crippen molar-refractivity contribution in [3.05, 3.63) is 77.3 Å².